The van der Waals surface area contributed by atoms with Crippen LogP contribution in [0.1, 0.15) is 0 Å². The summed E-state index contributed by atoms with van der Waals surface area (Å²) in [6, 6.07) is 0. The first-order valence-corrected chi connectivity index (χ1v) is 0.943. The smallest absolute Gasteiger partial charge is 2.00 e. The summed E-state index contributed by atoms with van der Waals surface area (Å²) in [6.45, 7) is 0. The molecule has 0 heterocycles. The molecule has 0 bridgehead atoms. The molecule has 0 aliphatic rings. The normalized spacial score (nSPS) is 1.45. The van der Waals surface area contributed by atoms with Crippen LogP contribution in [0.5, 0.6) is 0 Å². The van der Waals surface area contributed by atoms with Gasteiger partial charge in [-0.15, -0.1) is 0 Å². The molecule has 0 fully saturated rings. The monoisotopic (exact) mass is 222 g/mol. The van der Waals surface area contributed by atoms with Gasteiger partial charge < -0.3 is 21.9 Å². The topological polar surface area (TPSA) is 206 Å². The molecule has 0 saturated carbocycles. The molecule has 0 aliphatic heterocycles. The van der Waals surface area contributed by atoms with Crippen molar-refractivity contribution in [2.45, 2.75) is 0 Å². The van der Waals surface area contributed by atoms with E-state index in [0.717, 1.165) is 0 Å². The summed E-state index contributed by atoms with van der Waals surface area (Å²) in [7, 11) is -1.00. The summed E-state index contributed by atoms with van der Waals surface area (Å²) < 4.78 is 16.5. The minimum Gasteiger partial charge on any atom is 2.00 e. The van der Waals surface area contributed by atoms with Gasteiger partial charge in [0.1, 0.15) is 0 Å². The fourth-order valence-corrected chi connectivity index (χ4v) is 0. The number of hydrogen-bond donors (Lipinski definition) is 0. The maximum Gasteiger partial charge on any atom is 2.00 e. The second-order valence-corrected chi connectivity index (χ2v) is 0.192. The van der Waals surface area contributed by atoms with Gasteiger partial charge >= 0.3 is 53.6 Å². The molecular weight excluding hydrogens is 215 g/mol. The number of hydrogen-bond acceptors (Lipinski definition) is 4. The van der Waals surface area contributed by atoms with Crippen LogP contribution in [0.25, 0.3) is 0 Å². The van der Waals surface area contributed by atoms with Crippen LogP contribution in [0.15, 0.2) is 0 Å². The van der Waals surface area contributed by atoms with Crippen LogP contribution in [-0.4, -0.2) is 36.6 Å². The average molecular weight is 223 g/mol. The minimum atomic E-state index is -0.500. The molecule has 0 radical (unpaired) electrons. The summed E-state index contributed by atoms with van der Waals surface area (Å²) in [6.07, 6.45) is 0. The summed E-state index contributed by atoms with van der Waals surface area (Å²) >= 11 is 0. The Morgan fingerprint density at radius 2 is 0.727 bits per heavy atom. The van der Waals surface area contributed by atoms with Gasteiger partial charge in [0.15, 0.2) is 0 Å². The van der Waals surface area contributed by atoms with Crippen LogP contribution in [0.4, 0.5) is 0 Å². The first-order chi connectivity index (χ1) is 2.83. The van der Waals surface area contributed by atoms with Crippen molar-refractivity contribution in [2.24, 2.45) is 0 Å². The molecule has 0 aromatic rings. The second-order valence-electron chi connectivity index (χ2n) is 0.192. The zero-order chi connectivity index (χ0) is 5.41. The molecular formula is H8B2O8Zn. The Morgan fingerprint density at radius 1 is 0.727 bits per heavy atom. The van der Waals surface area contributed by atoms with Crippen molar-refractivity contribution in [3.8, 4) is 0 Å². The molecule has 8 N–H and O–H groups in total. The molecule has 0 spiro atoms. The van der Waals surface area contributed by atoms with E-state index in [4.69, 9.17) is 19.5 Å². The molecule has 0 aromatic carbocycles. The summed E-state index contributed by atoms with van der Waals surface area (Å²) in [5.41, 5.74) is 0. The van der Waals surface area contributed by atoms with Crippen molar-refractivity contribution >= 4 is 14.7 Å². The Bertz CT molecular complexity index is 33.1. The Morgan fingerprint density at radius 3 is 0.727 bits per heavy atom. The van der Waals surface area contributed by atoms with E-state index in [0.29, 0.717) is 0 Å². The van der Waals surface area contributed by atoms with Crippen molar-refractivity contribution in [1.82, 2.24) is 0 Å². The zero-order valence-corrected chi connectivity index (χ0v) is 8.46. The van der Waals surface area contributed by atoms with Crippen LogP contribution >= 0.6 is 0 Å². The van der Waals surface area contributed by atoms with Gasteiger partial charge in [-0.05, 0) is 0 Å². The second kappa shape index (κ2) is 235. The van der Waals surface area contributed by atoms with Crippen LogP contribution in [0.3, 0.4) is 0 Å². The Balaban J connectivity index is -0.00000000400. The van der Waals surface area contributed by atoms with Crippen molar-refractivity contribution in [3.05, 3.63) is 0 Å². The van der Waals surface area contributed by atoms with E-state index in [-0.39, 0.29) is 41.4 Å². The van der Waals surface area contributed by atoms with Gasteiger partial charge in [0.25, 0.3) is 0 Å². The molecule has 0 rings (SSSR count). The first-order valence-electron chi connectivity index (χ1n) is 0.943. The Labute approximate surface area is 76.2 Å². The SMILES string of the molecule is O.O.O.O.O=B[O-].O=B[O-].[Zn+2]. The molecule has 0 saturated heterocycles. The molecule has 0 unspecified atom stereocenters. The third kappa shape index (κ3) is 13900. The van der Waals surface area contributed by atoms with Gasteiger partial charge in [-0.25, -0.2) is 0 Å². The van der Waals surface area contributed by atoms with E-state index in [2.05, 4.69) is 0 Å². The largest absolute Gasteiger partial charge is 2.00 e. The molecule has 0 atom stereocenters. The van der Waals surface area contributed by atoms with Crippen LogP contribution in [0, 0.1) is 0 Å². The van der Waals surface area contributed by atoms with E-state index < -0.39 is 14.7 Å². The summed E-state index contributed by atoms with van der Waals surface area (Å²) in [5, 5.41) is 16.5. The van der Waals surface area contributed by atoms with Crippen molar-refractivity contribution in [3.63, 3.8) is 0 Å². The van der Waals surface area contributed by atoms with Crippen molar-refractivity contribution in [2.75, 3.05) is 0 Å². The third-order valence-electron chi connectivity index (χ3n) is 0. The molecule has 0 aliphatic carbocycles. The quantitative estimate of drug-likeness (QED) is 0.366. The number of rotatable bonds is 0. The van der Waals surface area contributed by atoms with E-state index in [1.165, 1.54) is 0 Å². The van der Waals surface area contributed by atoms with Crippen molar-refractivity contribution < 1.29 is 60.8 Å². The molecule has 64 valence electrons. The predicted molar refractivity (Wildman–Crippen MR) is 27.3 cm³/mol. The summed E-state index contributed by atoms with van der Waals surface area (Å²) in [4.78, 5) is 0. The first kappa shape index (κ1) is 71.9. The minimum absolute atomic E-state index is 0. The predicted octanol–water partition coefficient (Wildman–Crippen LogP) is -6.68. The molecule has 0 amide bonds. The molecule has 8 nitrogen and oxygen atoms in total. The fourth-order valence-electron chi connectivity index (χ4n) is 0. The van der Waals surface area contributed by atoms with Crippen LogP contribution in [-0.2, 0) is 28.9 Å². The average Bonchev–Trinajstić information content (AvgIpc) is 1.39. The van der Waals surface area contributed by atoms with Gasteiger partial charge in [-0.1, -0.05) is 0 Å². The van der Waals surface area contributed by atoms with Gasteiger partial charge in [0.2, 0.25) is 0 Å². The molecule has 11 heavy (non-hydrogen) atoms. The van der Waals surface area contributed by atoms with E-state index >= 15 is 0 Å². The van der Waals surface area contributed by atoms with Gasteiger partial charge in [-0.2, -0.15) is 0 Å². The van der Waals surface area contributed by atoms with E-state index in [1.807, 2.05) is 0 Å². The molecule has 0 aromatic heterocycles. The standard InChI is InChI=1S/2BO2.4H2O.Zn/c2*2-1-3;;;;;/h;;4*1H2;/q2*-1;;;;;+2. The summed E-state index contributed by atoms with van der Waals surface area (Å²) in [5.74, 6) is 0. The Hall–Kier alpha value is -0.207. The zero-order valence-electron chi connectivity index (χ0n) is 5.49. The van der Waals surface area contributed by atoms with Crippen LogP contribution in [0.2, 0.25) is 0 Å². The van der Waals surface area contributed by atoms with Gasteiger partial charge in [0.05, 0.1) is 0 Å². The maximum atomic E-state index is 8.25. The van der Waals surface area contributed by atoms with Gasteiger partial charge in [0, 0.05) is 0 Å². The third-order valence-corrected chi connectivity index (χ3v) is 0. The van der Waals surface area contributed by atoms with E-state index in [1.54, 1.807) is 0 Å². The van der Waals surface area contributed by atoms with Crippen molar-refractivity contribution in [1.29, 1.82) is 0 Å². The maximum absolute atomic E-state index is 8.25. The fraction of sp³-hybridized carbons (Fsp3) is 0. The van der Waals surface area contributed by atoms with E-state index in [9.17, 15) is 0 Å². The Kier molecular flexibility index (Phi) is 1540. The van der Waals surface area contributed by atoms with Crippen LogP contribution < -0.4 is 10.0 Å². The van der Waals surface area contributed by atoms with Gasteiger partial charge in [-0.3, -0.25) is 0 Å². The molecule has 11 heteroatoms.